The highest BCUT2D eigenvalue weighted by Gasteiger charge is 2.35. The van der Waals surface area contributed by atoms with E-state index in [0.29, 0.717) is 0 Å². The molecule has 0 atom stereocenters. The summed E-state index contributed by atoms with van der Waals surface area (Å²) in [4.78, 5) is 11.0. The standard InChI is InChI=1S/C9H7BrF3NO/c1-4(15)8-6(9(11,12)13)2-5(10)3-7(8)14/h2-3H,14H2,1H3. The van der Waals surface area contributed by atoms with Gasteiger partial charge in [-0.15, -0.1) is 0 Å². The molecule has 1 aromatic carbocycles. The Hall–Kier alpha value is -1.04. The maximum absolute atomic E-state index is 12.5. The number of anilines is 1. The summed E-state index contributed by atoms with van der Waals surface area (Å²) >= 11 is 2.90. The smallest absolute Gasteiger partial charge is 0.398 e. The molecule has 0 aliphatic carbocycles. The maximum atomic E-state index is 12.5. The summed E-state index contributed by atoms with van der Waals surface area (Å²) in [6, 6.07) is 2.11. The van der Waals surface area contributed by atoms with Crippen LogP contribution in [0, 0.1) is 0 Å². The Morgan fingerprint density at radius 1 is 1.40 bits per heavy atom. The number of carbonyl (C=O) groups excluding carboxylic acids is 1. The Bertz CT molecular complexity index is 415. The van der Waals surface area contributed by atoms with Gasteiger partial charge in [0.1, 0.15) is 0 Å². The van der Waals surface area contributed by atoms with Gasteiger partial charge in [-0.05, 0) is 19.1 Å². The van der Waals surface area contributed by atoms with E-state index in [4.69, 9.17) is 5.73 Å². The van der Waals surface area contributed by atoms with Crippen molar-refractivity contribution in [2.45, 2.75) is 13.1 Å². The average molecular weight is 282 g/mol. The Labute approximate surface area is 92.4 Å². The second-order valence-corrected chi connectivity index (χ2v) is 3.89. The molecule has 0 saturated heterocycles. The fourth-order valence-electron chi connectivity index (χ4n) is 1.24. The molecule has 1 rings (SSSR count). The van der Waals surface area contributed by atoms with Crippen LogP contribution in [0.4, 0.5) is 18.9 Å². The minimum absolute atomic E-state index is 0.177. The van der Waals surface area contributed by atoms with Gasteiger partial charge in [-0.25, -0.2) is 0 Å². The van der Waals surface area contributed by atoms with Crippen molar-refractivity contribution in [1.82, 2.24) is 0 Å². The first-order chi connectivity index (χ1) is 6.73. The van der Waals surface area contributed by atoms with Crippen LogP contribution < -0.4 is 5.73 Å². The third-order valence-electron chi connectivity index (χ3n) is 1.79. The van der Waals surface area contributed by atoms with Crippen LogP contribution in [0.15, 0.2) is 16.6 Å². The van der Waals surface area contributed by atoms with E-state index in [1.54, 1.807) is 0 Å². The van der Waals surface area contributed by atoms with Crippen molar-refractivity contribution in [3.8, 4) is 0 Å². The molecule has 0 amide bonds. The highest BCUT2D eigenvalue weighted by Crippen LogP contribution is 2.36. The second-order valence-electron chi connectivity index (χ2n) is 2.97. The van der Waals surface area contributed by atoms with E-state index in [9.17, 15) is 18.0 Å². The van der Waals surface area contributed by atoms with Gasteiger partial charge >= 0.3 is 6.18 Å². The molecule has 6 heteroatoms. The summed E-state index contributed by atoms with van der Waals surface area (Å²) < 4.78 is 37.8. The number of alkyl halides is 3. The number of nitrogen functional groups attached to an aromatic ring is 1. The number of rotatable bonds is 1. The van der Waals surface area contributed by atoms with Crippen molar-refractivity contribution in [3.63, 3.8) is 0 Å². The SMILES string of the molecule is CC(=O)c1c(N)cc(Br)cc1C(F)(F)F. The first-order valence-corrected chi connectivity index (χ1v) is 4.70. The van der Waals surface area contributed by atoms with E-state index in [1.165, 1.54) is 6.07 Å². The van der Waals surface area contributed by atoms with Crippen molar-refractivity contribution in [3.05, 3.63) is 27.7 Å². The summed E-state index contributed by atoms with van der Waals surface area (Å²) in [6.07, 6.45) is -4.58. The van der Waals surface area contributed by atoms with E-state index in [-0.39, 0.29) is 10.2 Å². The number of benzene rings is 1. The normalized spacial score (nSPS) is 11.5. The summed E-state index contributed by atoms with van der Waals surface area (Å²) in [7, 11) is 0. The molecule has 0 aliphatic rings. The van der Waals surface area contributed by atoms with Gasteiger partial charge < -0.3 is 5.73 Å². The molecule has 1 aromatic rings. The molecule has 0 bridgehead atoms. The Balaban J connectivity index is 3.54. The van der Waals surface area contributed by atoms with Crippen LogP contribution in [0.25, 0.3) is 0 Å². The van der Waals surface area contributed by atoms with Crippen molar-refractivity contribution >= 4 is 27.4 Å². The summed E-state index contributed by atoms with van der Waals surface area (Å²) in [6.45, 7) is 1.05. The van der Waals surface area contributed by atoms with Crippen molar-refractivity contribution in [2.75, 3.05) is 5.73 Å². The van der Waals surface area contributed by atoms with Crippen LogP contribution in [-0.4, -0.2) is 5.78 Å². The lowest BCUT2D eigenvalue weighted by molar-refractivity contribution is -0.137. The molecule has 15 heavy (non-hydrogen) atoms. The lowest BCUT2D eigenvalue weighted by Gasteiger charge is -2.13. The molecule has 82 valence electrons. The Morgan fingerprint density at radius 3 is 2.33 bits per heavy atom. The molecule has 0 radical (unpaired) electrons. The minimum Gasteiger partial charge on any atom is -0.398 e. The summed E-state index contributed by atoms with van der Waals surface area (Å²) in [5.41, 5.74) is 3.70. The number of nitrogens with two attached hydrogens (primary N) is 1. The highest BCUT2D eigenvalue weighted by atomic mass is 79.9. The van der Waals surface area contributed by atoms with Gasteiger partial charge in [-0.1, -0.05) is 15.9 Å². The maximum Gasteiger partial charge on any atom is 0.417 e. The minimum atomic E-state index is -4.58. The van der Waals surface area contributed by atoms with Crippen LogP contribution >= 0.6 is 15.9 Å². The van der Waals surface area contributed by atoms with E-state index in [1.807, 2.05) is 0 Å². The summed E-state index contributed by atoms with van der Waals surface area (Å²) in [5, 5.41) is 0. The van der Waals surface area contributed by atoms with Gasteiger partial charge in [-0.3, -0.25) is 4.79 Å². The van der Waals surface area contributed by atoms with E-state index < -0.39 is 23.1 Å². The molecule has 0 heterocycles. The largest absolute Gasteiger partial charge is 0.417 e. The fourth-order valence-corrected chi connectivity index (χ4v) is 1.72. The number of ketones is 1. The Kier molecular flexibility index (Phi) is 3.08. The lowest BCUT2D eigenvalue weighted by Crippen LogP contribution is -2.14. The highest BCUT2D eigenvalue weighted by molar-refractivity contribution is 9.10. The van der Waals surface area contributed by atoms with Crippen molar-refractivity contribution in [1.29, 1.82) is 0 Å². The molecule has 0 spiro atoms. The van der Waals surface area contributed by atoms with Crippen LogP contribution in [0.1, 0.15) is 22.8 Å². The molecule has 0 saturated carbocycles. The second kappa shape index (κ2) is 3.84. The molecule has 2 N–H and O–H groups in total. The number of halogens is 4. The zero-order valence-electron chi connectivity index (χ0n) is 7.65. The van der Waals surface area contributed by atoms with Crippen molar-refractivity contribution < 1.29 is 18.0 Å². The van der Waals surface area contributed by atoms with Gasteiger partial charge in [0.2, 0.25) is 0 Å². The third kappa shape index (κ3) is 2.50. The molecule has 2 nitrogen and oxygen atoms in total. The zero-order chi connectivity index (χ0) is 11.8. The lowest BCUT2D eigenvalue weighted by atomic mass is 10.0. The van der Waals surface area contributed by atoms with Crippen LogP contribution in [0.5, 0.6) is 0 Å². The monoisotopic (exact) mass is 281 g/mol. The molecule has 0 aromatic heterocycles. The zero-order valence-corrected chi connectivity index (χ0v) is 9.24. The number of Topliss-reactive ketones (excluding diaryl/α,β-unsaturated/α-hetero) is 1. The van der Waals surface area contributed by atoms with E-state index >= 15 is 0 Å². The topological polar surface area (TPSA) is 43.1 Å². The molecule has 0 unspecified atom stereocenters. The quantitative estimate of drug-likeness (QED) is 0.634. The van der Waals surface area contributed by atoms with E-state index in [2.05, 4.69) is 15.9 Å². The van der Waals surface area contributed by atoms with Crippen LogP contribution in [-0.2, 0) is 6.18 Å². The van der Waals surface area contributed by atoms with Gasteiger partial charge in [0.05, 0.1) is 11.1 Å². The molecule has 0 fully saturated rings. The molecular formula is C9H7BrF3NO. The van der Waals surface area contributed by atoms with Gasteiger partial charge in [-0.2, -0.15) is 13.2 Å². The molecular weight excluding hydrogens is 275 g/mol. The first kappa shape index (κ1) is 12.0. The third-order valence-corrected chi connectivity index (χ3v) is 2.25. The first-order valence-electron chi connectivity index (χ1n) is 3.90. The molecule has 0 aliphatic heterocycles. The van der Waals surface area contributed by atoms with Gasteiger partial charge in [0.25, 0.3) is 0 Å². The van der Waals surface area contributed by atoms with Gasteiger partial charge in [0, 0.05) is 10.2 Å². The average Bonchev–Trinajstić information content (AvgIpc) is 1.99. The van der Waals surface area contributed by atoms with Crippen LogP contribution in [0.3, 0.4) is 0 Å². The van der Waals surface area contributed by atoms with Gasteiger partial charge in [0.15, 0.2) is 5.78 Å². The Morgan fingerprint density at radius 2 is 1.93 bits per heavy atom. The fraction of sp³-hybridized carbons (Fsp3) is 0.222. The summed E-state index contributed by atoms with van der Waals surface area (Å²) in [5.74, 6) is -0.702. The number of hydrogen-bond acceptors (Lipinski definition) is 2. The van der Waals surface area contributed by atoms with Crippen LogP contribution in [0.2, 0.25) is 0 Å². The predicted molar refractivity (Wildman–Crippen MR) is 53.6 cm³/mol. The number of hydrogen-bond donors (Lipinski definition) is 1. The number of carbonyl (C=O) groups is 1. The van der Waals surface area contributed by atoms with Crippen molar-refractivity contribution in [2.24, 2.45) is 0 Å². The van der Waals surface area contributed by atoms with E-state index in [0.717, 1.165) is 13.0 Å². The predicted octanol–water partition coefficient (Wildman–Crippen LogP) is 3.25.